The van der Waals surface area contributed by atoms with Gasteiger partial charge >= 0.3 is 0 Å². The maximum Gasteiger partial charge on any atom is 0.163 e. The van der Waals surface area contributed by atoms with Crippen LogP contribution in [-0.2, 0) is 21.6 Å². The fourth-order valence-corrected chi connectivity index (χ4v) is 2.25. The first-order valence-corrected chi connectivity index (χ1v) is 6.17. The largest absolute Gasteiger partial charge is 0.490 e. The van der Waals surface area contributed by atoms with Crippen molar-refractivity contribution in [3.05, 3.63) is 47.7 Å². The van der Waals surface area contributed by atoms with Gasteiger partial charge in [-0.3, -0.25) is 4.79 Å². The molecule has 1 aromatic rings. The molecule has 0 saturated carbocycles. The second kappa shape index (κ2) is 4.74. The number of hydrogen-bond donors (Lipinski definition) is 0. The zero-order valence-electron chi connectivity index (χ0n) is 10.4. The second-order valence-corrected chi connectivity index (χ2v) is 4.46. The van der Waals surface area contributed by atoms with E-state index in [1.165, 1.54) is 17.9 Å². The summed E-state index contributed by atoms with van der Waals surface area (Å²) in [6, 6.07) is 8.38. The van der Waals surface area contributed by atoms with E-state index in [2.05, 4.69) is 38.1 Å². The van der Waals surface area contributed by atoms with Crippen LogP contribution in [0.15, 0.2) is 36.6 Å². The minimum Gasteiger partial charge on any atom is -0.490 e. The zero-order chi connectivity index (χ0) is 12.3. The molecule has 2 nitrogen and oxygen atoms in total. The third-order valence-electron chi connectivity index (χ3n) is 3.47. The van der Waals surface area contributed by atoms with Crippen LogP contribution < -0.4 is 0 Å². The lowest BCUT2D eigenvalue weighted by molar-refractivity contribution is -0.123. The predicted octanol–water partition coefficient (Wildman–Crippen LogP) is 3.36. The molecule has 2 heteroatoms. The Morgan fingerprint density at radius 1 is 1.24 bits per heavy atom. The van der Waals surface area contributed by atoms with Crippen LogP contribution in [-0.4, -0.2) is 5.78 Å². The van der Waals surface area contributed by atoms with E-state index in [0.29, 0.717) is 6.42 Å². The third kappa shape index (κ3) is 2.26. The molecule has 0 fully saturated rings. The molecule has 0 spiro atoms. The van der Waals surface area contributed by atoms with E-state index < -0.39 is 5.60 Å². The van der Waals surface area contributed by atoms with Crippen LogP contribution in [0, 0.1) is 0 Å². The molecule has 0 amide bonds. The van der Waals surface area contributed by atoms with Crippen LogP contribution in [0.25, 0.3) is 0 Å². The smallest absolute Gasteiger partial charge is 0.163 e. The van der Waals surface area contributed by atoms with E-state index in [1.54, 1.807) is 0 Å². The Labute approximate surface area is 102 Å². The van der Waals surface area contributed by atoms with E-state index in [9.17, 15) is 4.79 Å². The molecule has 2 rings (SSSR count). The van der Waals surface area contributed by atoms with Gasteiger partial charge in [-0.2, -0.15) is 0 Å². The molecule has 1 aliphatic rings. The number of ketones is 1. The van der Waals surface area contributed by atoms with E-state index in [4.69, 9.17) is 4.74 Å². The van der Waals surface area contributed by atoms with Crippen LogP contribution in [0.4, 0.5) is 0 Å². The van der Waals surface area contributed by atoms with Crippen molar-refractivity contribution in [1.29, 1.82) is 0 Å². The van der Waals surface area contributed by atoms with Gasteiger partial charge in [-0.15, -0.1) is 0 Å². The number of carbonyl (C=O) groups is 1. The molecule has 90 valence electrons. The van der Waals surface area contributed by atoms with Crippen LogP contribution in [0.1, 0.15) is 37.8 Å². The number of carbonyl (C=O) groups excluding carboxylic acids is 1. The number of hydrogen-bond acceptors (Lipinski definition) is 2. The summed E-state index contributed by atoms with van der Waals surface area (Å²) in [5, 5.41) is 0. The summed E-state index contributed by atoms with van der Waals surface area (Å²) >= 11 is 0. The van der Waals surface area contributed by atoms with Gasteiger partial charge in [-0.1, -0.05) is 38.1 Å². The highest BCUT2D eigenvalue weighted by Gasteiger charge is 2.35. The molecule has 0 bridgehead atoms. The fourth-order valence-electron chi connectivity index (χ4n) is 2.25. The Balaban J connectivity index is 2.34. The lowest BCUT2D eigenvalue weighted by Gasteiger charge is -2.34. The fraction of sp³-hybridized carbons (Fsp3) is 0.400. The van der Waals surface area contributed by atoms with Gasteiger partial charge < -0.3 is 4.74 Å². The van der Waals surface area contributed by atoms with Gasteiger partial charge in [0.1, 0.15) is 5.60 Å². The van der Waals surface area contributed by atoms with Crippen molar-refractivity contribution in [2.24, 2.45) is 0 Å². The van der Waals surface area contributed by atoms with E-state index >= 15 is 0 Å². The van der Waals surface area contributed by atoms with Gasteiger partial charge in [0.05, 0.1) is 12.7 Å². The summed E-state index contributed by atoms with van der Waals surface area (Å²) < 4.78 is 5.74. The average Bonchev–Trinajstić information content (AvgIpc) is 2.38. The Morgan fingerprint density at radius 2 is 1.94 bits per heavy atom. The van der Waals surface area contributed by atoms with Crippen molar-refractivity contribution in [2.75, 3.05) is 0 Å². The van der Waals surface area contributed by atoms with E-state index in [-0.39, 0.29) is 5.78 Å². The Morgan fingerprint density at radius 3 is 2.47 bits per heavy atom. The quantitative estimate of drug-likeness (QED) is 0.796. The van der Waals surface area contributed by atoms with E-state index in [0.717, 1.165) is 18.4 Å². The maximum absolute atomic E-state index is 11.6. The summed E-state index contributed by atoms with van der Waals surface area (Å²) in [5.41, 5.74) is 1.94. The number of allylic oxidation sites excluding steroid dienone is 1. The number of ether oxygens (including phenoxy) is 1. The Kier molecular flexibility index (Phi) is 3.32. The summed E-state index contributed by atoms with van der Waals surface area (Å²) in [7, 11) is 0. The molecule has 17 heavy (non-hydrogen) atoms. The topological polar surface area (TPSA) is 26.3 Å². The molecule has 1 atom stereocenters. The summed E-state index contributed by atoms with van der Waals surface area (Å²) in [6.07, 6.45) is 5.30. The first kappa shape index (κ1) is 11.9. The summed E-state index contributed by atoms with van der Waals surface area (Å²) in [6.45, 7) is 4.19. The number of benzene rings is 1. The zero-order valence-corrected chi connectivity index (χ0v) is 10.4. The molecular formula is C15H18O2. The van der Waals surface area contributed by atoms with E-state index in [1.807, 2.05) is 0 Å². The minimum atomic E-state index is -0.460. The molecular weight excluding hydrogens is 212 g/mol. The molecule has 0 radical (unpaired) electrons. The lowest BCUT2D eigenvalue weighted by Crippen LogP contribution is -2.32. The molecule has 0 aliphatic carbocycles. The van der Waals surface area contributed by atoms with Crippen LogP contribution in [0.5, 0.6) is 0 Å². The molecule has 1 aliphatic heterocycles. The normalized spacial score (nSPS) is 23.5. The van der Waals surface area contributed by atoms with Gasteiger partial charge in [0.2, 0.25) is 0 Å². The molecule has 1 aromatic carbocycles. The Bertz CT molecular complexity index is 431. The van der Waals surface area contributed by atoms with Gasteiger partial charge in [-0.05, 0) is 24.0 Å². The Hall–Kier alpha value is -1.57. The minimum absolute atomic E-state index is 0.137. The molecule has 0 aromatic heterocycles. The molecule has 0 N–H and O–H groups in total. The van der Waals surface area contributed by atoms with Crippen molar-refractivity contribution in [1.82, 2.24) is 0 Å². The molecule has 1 heterocycles. The van der Waals surface area contributed by atoms with Crippen molar-refractivity contribution < 1.29 is 9.53 Å². The van der Waals surface area contributed by atoms with Gasteiger partial charge in [0.15, 0.2) is 5.78 Å². The SMILES string of the molecule is CCc1ccc(C2(CC)CC(=O)C=CO2)cc1. The van der Waals surface area contributed by atoms with Crippen molar-refractivity contribution in [2.45, 2.75) is 38.7 Å². The van der Waals surface area contributed by atoms with Gasteiger partial charge in [-0.25, -0.2) is 0 Å². The lowest BCUT2D eigenvalue weighted by atomic mass is 9.84. The van der Waals surface area contributed by atoms with Crippen LogP contribution in [0.3, 0.4) is 0 Å². The highest BCUT2D eigenvalue weighted by molar-refractivity contribution is 5.91. The third-order valence-corrected chi connectivity index (χ3v) is 3.47. The summed E-state index contributed by atoms with van der Waals surface area (Å²) in [5.74, 6) is 0.137. The van der Waals surface area contributed by atoms with Gasteiger partial charge in [0.25, 0.3) is 0 Å². The summed E-state index contributed by atoms with van der Waals surface area (Å²) in [4.78, 5) is 11.6. The van der Waals surface area contributed by atoms with Crippen LogP contribution >= 0.6 is 0 Å². The van der Waals surface area contributed by atoms with Crippen molar-refractivity contribution >= 4 is 5.78 Å². The average molecular weight is 230 g/mol. The second-order valence-electron chi connectivity index (χ2n) is 4.46. The van der Waals surface area contributed by atoms with Crippen molar-refractivity contribution in [3.8, 4) is 0 Å². The standard InChI is InChI=1S/C15H18O2/c1-3-12-5-7-13(8-6-12)15(4-2)11-14(16)9-10-17-15/h5-10H,3-4,11H2,1-2H3. The number of rotatable bonds is 3. The highest BCUT2D eigenvalue weighted by Crippen LogP contribution is 2.36. The monoisotopic (exact) mass is 230 g/mol. The van der Waals surface area contributed by atoms with Crippen molar-refractivity contribution in [3.63, 3.8) is 0 Å². The molecule has 0 saturated heterocycles. The maximum atomic E-state index is 11.6. The molecule has 1 unspecified atom stereocenters. The van der Waals surface area contributed by atoms with Gasteiger partial charge in [0, 0.05) is 6.08 Å². The highest BCUT2D eigenvalue weighted by atomic mass is 16.5. The number of aryl methyl sites for hydroxylation is 1. The predicted molar refractivity (Wildman–Crippen MR) is 67.6 cm³/mol. The van der Waals surface area contributed by atoms with Crippen LogP contribution in [0.2, 0.25) is 0 Å². The first-order chi connectivity index (χ1) is 8.20. The first-order valence-electron chi connectivity index (χ1n) is 6.17.